The fraction of sp³-hybridized carbons (Fsp3) is 0.659. The minimum absolute atomic E-state index is 0.239. The number of hydrogen-bond acceptors (Lipinski definition) is 1. The van der Waals surface area contributed by atoms with Crippen LogP contribution >= 0.6 is 0 Å². The molecule has 0 radical (unpaired) electrons. The largest absolute Gasteiger partial charge is 0.281 e. The number of hydrogen-bond donors (Lipinski definition) is 0. The predicted octanol–water partition coefficient (Wildman–Crippen LogP) is 13.6. The molecule has 1 nitrogen and oxygen atoms in total. The fourth-order valence-electron chi connectivity index (χ4n) is 11.7. The molecule has 0 bridgehead atoms. The maximum Gasteiger partial charge on any atom is 0.0650 e. The Morgan fingerprint density at radius 3 is 1.84 bits per heavy atom. The molecule has 6 unspecified atom stereocenters. The van der Waals surface area contributed by atoms with Crippen LogP contribution in [0.3, 0.4) is 0 Å². The molecule has 5 aliphatic carbocycles. The monoisotopic (exact) mass is 616 g/mol. The highest BCUT2D eigenvalue weighted by molar-refractivity contribution is 6.06. The fourth-order valence-corrected chi connectivity index (χ4v) is 11.7. The molecular weight excluding hydrogens is 542 g/mol. The Hall–Kier alpha value is -2.15. The first-order valence-electron chi connectivity index (χ1n) is 18.3. The SMILES string of the molecule is C=C.C=C.C=C.C=CC.C=CC1=NCC(C2=CCC3(C)C4CCC5C6CCCC6(CC)CC[C@@]5(C)[C@@H]4CCC3C2(C)C)=C1.CC. The van der Waals surface area contributed by atoms with Crippen molar-refractivity contribution in [2.24, 2.45) is 56.2 Å². The van der Waals surface area contributed by atoms with E-state index >= 15 is 0 Å². The van der Waals surface area contributed by atoms with Gasteiger partial charge >= 0.3 is 0 Å². The van der Waals surface area contributed by atoms with Crippen LogP contribution in [0.25, 0.3) is 0 Å². The topological polar surface area (TPSA) is 12.4 Å². The lowest BCUT2D eigenvalue weighted by atomic mass is 9.37. The van der Waals surface area contributed by atoms with Crippen LogP contribution in [0.15, 0.2) is 93.1 Å². The molecule has 8 atom stereocenters. The van der Waals surface area contributed by atoms with E-state index in [-0.39, 0.29) is 5.41 Å². The zero-order valence-electron chi connectivity index (χ0n) is 31.3. The molecule has 6 rings (SSSR count). The Morgan fingerprint density at radius 2 is 1.31 bits per heavy atom. The van der Waals surface area contributed by atoms with E-state index in [0.29, 0.717) is 16.2 Å². The summed E-state index contributed by atoms with van der Waals surface area (Å²) < 4.78 is 0. The van der Waals surface area contributed by atoms with Gasteiger partial charge < -0.3 is 0 Å². The van der Waals surface area contributed by atoms with Gasteiger partial charge in [-0.05, 0) is 139 Å². The second kappa shape index (κ2) is 17.7. The molecule has 0 aromatic rings. The second-order valence-electron chi connectivity index (χ2n) is 14.8. The average molecular weight is 616 g/mol. The molecule has 1 heteroatoms. The quantitative estimate of drug-likeness (QED) is 0.280. The highest BCUT2D eigenvalue weighted by atomic mass is 14.8. The van der Waals surface area contributed by atoms with Gasteiger partial charge in [-0.15, -0.1) is 46.1 Å². The zero-order valence-corrected chi connectivity index (χ0v) is 31.3. The smallest absolute Gasteiger partial charge is 0.0650 e. The normalized spacial score (nSPS) is 37.8. The summed E-state index contributed by atoms with van der Waals surface area (Å²) in [5.74, 6) is 4.70. The summed E-state index contributed by atoms with van der Waals surface area (Å²) in [6.45, 7) is 45.2. The molecule has 0 aromatic carbocycles. The third-order valence-corrected chi connectivity index (χ3v) is 13.3. The summed E-state index contributed by atoms with van der Waals surface area (Å²) in [6.07, 6.45) is 24.9. The van der Waals surface area contributed by atoms with Gasteiger partial charge in [-0.2, -0.15) is 0 Å². The lowest BCUT2D eigenvalue weighted by Crippen LogP contribution is -2.60. The summed E-state index contributed by atoms with van der Waals surface area (Å²) in [6, 6.07) is 0. The van der Waals surface area contributed by atoms with Crippen LogP contribution in [0.2, 0.25) is 0 Å². The molecular formula is C44H73N. The molecule has 254 valence electrons. The van der Waals surface area contributed by atoms with Crippen LogP contribution in [0.1, 0.15) is 126 Å². The first kappa shape index (κ1) is 40.9. The molecule has 6 aliphatic rings. The van der Waals surface area contributed by atoms with Crippen molar-refractivity contribution >= 4 is 5.71 Å². The number of allylic oxidation sites excluding steroid dienone is 4. The number of fused-ring (bicyclic) bond motifs is 7. The minimum Gasteiger partial charge on any atom is -0.281 e. The third-order valence-electron chi connectivity index (χ3n) is 13.3. The molecule has 1 aliphatic heterocycles. The molecule has 45 heavy (non-hydrogen) atoms. The van der Waals surface area contributed by atoms with E-state index in [0.717, 1.165) is 41.8 Å². The van der Waals surface area contributed by atoms with Crippen molar-refractivity contribution in [3.63, 3.8) is 0 Å². The van der Waals surface area contributed by atoms with E-state index in [2.05, 4.69) is 99.4 Å². The number of nitrogens with zero attached hydrogens (tertiary/aromatic N) is 1. The van der Waals surface area contributed by atoms with Gasteiger partial charge in [-0.3, -0.25) is 4.99 Å². The van der Waals surface area contributed by atoms with Gasteiger partial charge in [0.05, 0.1) is 12.3 Å². The molecule has 0 amide bonds. The predicted molar refractivity (Wildman–Crippen MR) is 206 cm³/mol. The Balaban J connectivity index is 0.000000829. The van der Waals surface area contributed by atoms with Crippen LogP contribution in [0.4, 0.5) is 0 Å². The van der Waals surface area contributed by atoms with E-state index in [1.807, 2.05) is 26.8 Å². The average Bonchev–Trinajstić information content (AvgIpc) is 3.73. The number of aliphatic imine (C=N–C) groups is 1. The summed E-state index contributed by atoms with van der Waals surface area (Å²) in [7, 11) is 0. The van der Waals surface area contributed by atoms with Crippen LogP contribution in [0.5, 0.6) is 0 Å². The Labute approximate surface area is 281 Å². The number of rotatable bonds is 3. The van der Waals surface area contributed by atoms with Gasteiger partial charge in [0.2, 0.25) is 0 Å². The van der Waals surface area contributed by atoms with E-state index in [1.165, 1.54) is 76.2 Å². The summed E-state index contributed by atoms with van der Waals surface area (Å²) in [5.41, 5.74) is 6.14. The van der Waals surface area contributed by atoms with E-state index < -0.39 is 0 Å². The van der Waals surface area contributed by atoms with Crippen molar-refractivity contribution in [3.8, 4) is 0 Å². The molecule has 4 fully saturated rings. The van der Waals surface area contributed by atoms with E-state index in [1.54, 1.807) is 11.6 Å². The summed E-state index contributed by atoms with van der Waals surface area (Å²) in [4.78, 5) is 4.72. The van der Waals surface area contributed by atoms with Crippen molar-refractivity contribution in [2.75, 3.05) is 6.54 Å². The molecule has 0 N–H and O–H groups in total. The second-order valence-corrected chi connectivity index (χ2v) is 14.8. The molecule has 1 heterocycles. The minimum atomic E-state index is 0.239. The standard InChI is InChI=1S/C33H49N.C3H6.C2H6.3C2H4/c1-7-23-20-22(21-34-23)24-15-17-32(6)26-11-12-27-28-10-9-16-33(28,8-2)19-18-31(27,5)25(26)13-14-29(32)30(24,3)4;1-3-2;4*1-2/h7,15,20,25-29H,1,8-14,16-19,21H2,2-6H3;3H,1H2,2H3;1-2H3;3*1-2H2/t25-,26?,27?,28?,29?,31+,32?,33?;;;;;/m1...../s1. The first-order valence-corrected chi connectivity index (χ1v) is 18.3. The van der Waals surface area contributed by atoms with Crippen molar-refractivity contribution in [1.82, 2.24) is 0 Å². The lowest BCUT2D eigenvalue weighted by Gasteiger charge is -2.67. The Bertz CT molecular complexity index is 1050. The van der Waals surface area contributed by atoms with Gasteiger partial charge in [0, 0.05) is 0 Å². The van der Waals surface area contributed by atoms with Crippen molar-refractivity contribution in [1.29, 1.82) is 0 Å². The van der Waals surface area contributed by atoms with Gasteiger partial charge in [-0.1, -0.05) is 80.0 Å². The highest BCUT2D eigenvalue weighted by Crippen LogP contribution is 2.73. The van der Waals surface area contributed by atoms with Gasteiger partial charge in [0.15, 0.2) is 0 Å². The Morgan fingerprint density at radius 1 is 0.778 bits per heavy atom. The highest BCUT2D eigenvalue weighted by Gasteiger charge is 2.64. The van der Waals surface area contributed by atoms with Gasteiger partial charge in [0.1, 0.15) is 0 Å². The summed E-state index contributed by atoms with van der Waals surface area (Å²) >= 11 is 0. The molecule has 4 saturated carbocycles. The van der Waals surface area contributed by atoms with Gasteiger partial charge in [0.25, 0.3) is 0 Å². The van der Waals surface area contributed by atoms with Crippen LogP contribution < -0.4 is 0 Å². The third kappa shape index (κ3) is 7.23. The van der Waals surface area contributed by atoms with Crippen molar-refractivity contribution < 1.29 is 0 Å². The van der Waals surface area contributed by atoms with E-state index in [4.69, 9.17) is 4.99 Å². The molecule has 0 spiro atoms. The Kier molecular flexibility index (Phi) is 16.1. The van der Waals surface area contributed by atoms with Crippen molar-refractivity contribution in [2.45, 2.75) is 126 Å². The lowest BCUT2D eigenvalue weighted by molar-refractivity contribution is -0.174. The molecule has 0 aromatic heterocycles. The van der Waals surface area contributed by atoms with Crippen LogP contribution in [-0.4, -0.2) is 12.3 Å². The first-order chi connectivity index (χ1) is 21.6. The van der Waals surface area contributed by atoms with Crippen LogP contribution in [-0.2, 0) is 0 Å². The van der Waals surface area contributed by atoms with Crippen LogP contribution in [0, 0.1) is 51.2 Å². The van der Waals surface area contributed by atoms with Gasteiger partial charge in [-0.25, -0.2) is 0 Å². The maximum atomic E-state index is 4.72. The maximum absolute atomic E-state index is 4.72. The van der Waals surface area contributed by atoms with Crippen molar-refractivity contribution in [3.05, 3.63) is 88.1 Å². The zero-order chi connectivity index (χ0) is 34.6. The summed E-state index contributed by atoms with van der Waals surface area (Å²) in [5, 5.41) is 0. The molecule has 0 saturated heterocycles. The van der Waals surface area contributed by atoms with E-state index in [9.17, 15) is 0 Å².